The van der Waals surface area contributed by atoms with Gasteiger partial charge in [0.2, 0.25) is 0 Å². The van der Waals surface area contributed by atoms with Gasteiger partial charge in [0.25, 0.3) is 0 Å². The molecule has 168 valence electrons. The first-order valence-electron chi connectivity index (χ1n) is 9.02. The normalized spacial score (nSPS) is 8.97. The lowest BCUT2D eigenvalue weighted by Crippen LogP contribution is -2.02. The van der Waals surface area contributed by atoms with Crippen molar-refractivity contribution in [1.29, 1.82) is 0 Å². The summed E-state index contributed by atoms with van der Waals surface area (Å²) in [6.45, 7) is 2.97. The van der Waals surface area contributed by atoms with Crippen LogP contribution in [-0.4, -0.2) is 59.9 Å². The van der Waals surface area contributed by atoms with E-state index in [9.17, 15) is 28.8 Å². The van der Waals surface area contributed by atoms with Gasteiger partial charge in [0, 0.05) is 38.5 Å². The largest absolute Gasteiger partial charge is 0.481 e. The van der Waals surface area contributed by atoms with Gasteiger partial charge < -0.3 is 29.3 Å². The molecule has 0 bridgehead atoms. The van der Waals surface area contributed by atoms with Crippen LogP contribution in [0.2, 0.25) is 0 Å². The van der Waals surface area contributed by atoms with E-state index in [2.05, 4.69) is 9.47 Å². The minimum Gasteiger partial charge on any atom is -0.481 e. The fourth-order valence-corrected chi connectivity index (χ4v) is 1.56. The molecule has 2 N–H and O–H groups in total. The van der Waals surface area contributed by atoms with Gasteiger partial charge in [-0.3, -0.25) is 19.2 Å². The molecule has 29 heavy (non-hydrogen) atoms. The topological polar surface area (TPSA) is 161 Å². The molecule has 0 aliphatic rings. The fraction of sp³-hybridized carbons (Fsp3) is 0.684. The zero-order valence-corrected chi connectivity index (χ0v) is 17.5. The number of hydrogen-bond donors (Lipinski definition) is 2. The Bertz CT molecular complexity index is 479. The highest BCUT2D eigenvalue weighted by molar-refractivity contribution is 5.77. The Kier molecular flexibility index (Phi) is 23.0. The summed E-state index contributed by atoms with van der Waals surface area (Å²) in [7, 11) is 2.62. The monoisotopic (exact) mass is 420 g/mol. The Balaban J connectivity index is -0.000000350. The highest BCUT2D eigenvalue weighted by Crippen LogP contribution is 1.97. The third kappa shape index (κ3) is 36.8. The van der Waals surface area contributed by atoms with Crippen LogP contribution in [0, 0.1) is 0 Å². The summed E-state index contributed by atoms with van der Waals surface area (Å²) in [4.78, 5) is 61.2. The molecule has 0 aliphatic carbocycles. The average Bonchev–Trinajstić information content (AvgIpc) is 2.61. The number of esters is 2. The van der Waals surface area contributed by atoms with E-state index in [0.717, 1.165) is 0 Å². The number of ether oxygens (including phenoxy) is 2. The van der Waals surface area contributed by atoms with Crippen molar-refractivity contribution in [1.82, 2.24) is 0 Å². The first kappa shape index (κ1) is 30.9. The molecule has 0 unspecified atom stereocenters. The highest BCUT2D eigenvalue weighted by atomic mass is 16.5. The van der Waals surface area contributed by atoms with E-state index >= 15 is 0 Å². The SMILES string of the molecule is CC(=O)CCCC(=O)O.COC(=O)CCCC(=O)O.COC(=O)CCCC(C)=O. The first-order chi connectivity index (χ1) is 13.5. The molecule has 10 nitrogen and oxygen atoms in total. The molecule has 0 saturated carbocycles. The number of hydrogen-bond acceptors (Lipinski definition) is 8. The number of rotatable bonds is 12. The summed E-state index contributed by atoms with van der Waals surface area (Å²) in [5.41, 5.74) is 0. The minimum absolute atomic E-state index is 0.0229. The maximum absolute atomic E-state index is 10.5. The summed E-state index contributed by atoms with van der Waals surface area (Å²) >= 11 is 0. The molecule has 0 spiro atoms. The third-order valence-electron chi connectivity index (χ3n) is 3.06. The molecule has 0 aromatic carbocycles. The summed E-state index contributed by atoms with van der Waals surface area (Å²) in [6.07, 6.45) is 2.91. The lowest BCUT2D eigenvalue weighted by molar-refractivity contribution is -0.142. The summed E-state index contributed by atoms with van der Waals surface area (Å²) in [5.74, 6) is -2.16. The fourth-order valence-electron chi connectivity index (χ4n) is 1.56. The Labute approximate surface area is 170 Å². The number of methoxy groups -OCH3 is 2. The van der Waals surface area contributed by atoms with E-state index < -0.39 is 11.9 Å². The van der Waals surface area contributed by atoms with Gasteiger partial charge >= 0.3 is 23.9 Å². The van der Waals surface area contributed by atoms with Gasteiger partial charge in [-0.05, 0) is 33.1 Å². The number of ketones is 2. The Morgan fingerprint density at radius 2 is 0.828 bits per heavy atom. The van der Waals surface area contributed by atoms with Gasteiger partial charge in [0.05, 0.1) is 14.2 Å². The lowest BCUT2D eigenvalue weighted by Gasteiger charge is -1.95. The molecule has 0 radical (unpaired) electrons. The molecule has 0 fully saturated rings. The summed E-state index contributed by atoms with van der Waals surface area (Å²) < 4.78 is 8.68. The maximum atomic E-state index is 10.5. The molecular weight excluding hydrogens is 388 g/mol. The molecule has 10 heteroatoms. The third-order valence-corrected chi connectivity index (χ3v) is 3.06. The van der Waals surface area contributed by atoms with Crippen molar-refractivity contribution in [2.45, 2.75) is 71.6 Å². The zero-order chi connectivity index (χ0) is 23.2. The second kappa shape index (κ2) is 21.5. The van der Waals surface area contributed by atoms with Crippen LogP contribution in [0.1, 0.15) is 71.6 Å². The Morgan fingerprint density at radius 3 is 1.07 bits per heavy atom. The molecule has 0 aromatic rings. The van der Waals surface area contributed by atoms with Crippen molar-refractivity contribution in [3.8, 4) is 0 Å². The molecule has 0 aliphatic heterocycles. The predicted octanol–water partition coefficient (Wildman–Crippen LogP) is 2.16. The van der Waals surface area contributed by atoms with E-state index in [1.54, 1.807) is 0 Å². The van der Waals surface area contributed by atoms with Gasteiger partial charge in [-0.15, -0.1) is 0 Å². The molecule has 0 heterocycles. The molecule has 0 rings (SSSR count). The number of carboxylic acids is 2. The molecule has 0 saturated heterocycles. The highest BCUT2D eigenvalue weighted by Gasteiger charge is 2.02. The van der Waals surface area contributed by atoms with Crippen LogP contribution >= 0.6 is 0 Å². The van der Waals surface area contributed by atoms with Crippen molar-refractivity contribution < 1.29 is 48.5 Å². The van der Waals surface area contributed by atoms with Gasteiger partial charge in [-0.2, -0.15) is 0 Å². The number of carbonyl (C=O) groups is 6. The van der Waals surface area contributed by atoms with E-state index in [-0.39, 0.29) is 42.8 Å². The minimum atomic E-state index is -0.885. The average molecular weight is 420 g/mol. The molecular formula is C19H32O10. The number of carboxylic acid groups (broad SMARTS) is 2. The molecule has 0 aromatic heterocycles. The summed E-state index contributed by atoms with van der Waals surface area (Å²) in [5, 5.41) is 16.3. The van der Waals surface area contributed by atoms with E-state index in [0.29, 0.717) is 38.5 Å². The van der Waals surface area contributed by atoms with Crippen LogP contribution < -0.4 is 0 Å². The van der Waals surface area contributed by atoms with Gasteiger partial charge in [-0.25, -0.2) is 0 Å². The van der Waals surface area contributed by atoms with Crippen LogP contribution in [0.4, 0.5) is 0 Å². The smallest absolute Gasteiger partial charge is 0.305 e. The Hall–Kier alpha value is -2.78. The lowest BCUT2D eigenvalue weighted by atomic mass is 10.2. The van der Waals surface area contributed by atoms with Crippen LogP contribution in [-0.2, 0) is 38.2 Å². The number of Topliss-reactive ketones (excluding diaryl/α,β-unsaturated/α-hetero) is 2. The van der Waals surface area contributed by atoms with Crippen LogP contribution in [0.3, 0.4) is 0 Å². The maximum Gasteiger partial charge on any atom is 0.305 e. The Morgan fingerprint density at radius 1 is 0.552 bits per heavy atom. The van der Waals surface area contributed by atoms with Crippen LogP contribution in [0.25, 0.3) is 0 Å². The van der Waals surface area contributed by atoms with E-state index in [4.69, 9.17) is 10.2 Å². The quantitative estimate of drug-likeness (QED) is 0.447. The van der Waals surface area contributed by atoms with Crippen LogP contribution in [0.5, 0.6) is 0 Å². The van der Waals surface area contributed by atoms with E-state index in [1.165, 1.54) is 28.1 Å². The standard InChI is InChI=1S/C7H12O3.C6H10O4.C6H10O3/c1-6(8)4-3-5-7(9)10-2;1-10-6(9)4-2-3-5(7)8;1-5(7)3-2-4-6(8)9/h3-5H2,1-2H3;2-4H2,1H3,(H,7,8);2-4H2,1H3,(H,8,9). The zero-order valence-electron chi connectivity index (χ0n) is 17.5. The predicted molar refractivity (Wildman–Crippen MR) is 102 cm³/mol. The van der Waals surface area contributed by atoms with Crippen molar-refractivity contribution in [2.24, 2.45) is 0 Å². The molecule has 0 atom stereocenters. The van der Waals surface area contributed by atoms with Crippen LogP contribution in [0.15, 0.2) is 0 Å². The second-order valence-corrected chi connectivity index (χ2v) is 5.90. The number of carbonyl (C=O) groups excluding carboxylic acids is 4. The summed E-state index contributed by atoms with van der Waals surface area (Å²) in [6, 6.07) is 0. The number of aliphatic carboxylic acids is 2. The first-order valence-corrected chi connectivity index (χ1v) is 9.02. The van der Waals surface area contributed by atoms with Crippen molar-refractivity contribution in [3.05, 3.63) is 0 Å². The second-order valence-electron chi connectivity index (χ2n) is 5.90. The van der Waals surface area contributed by atoms with Gasteiger partial charge in [-0.1, -0.05) is 0 Å². The van der Waals surface area contributed by atoms with Crippen molar-refractivity contribution >= 4 is 35.4 Å². The van der Waals surface area contributed by atoms with Gasteiger partial charge in [0.15, 0.2) is 0 Å². The van der Waals surface area contributed by atoms with E-state index in [1.807, 2.05) is 0 Å². The van der Waals surface area contributed by atoms with Crippen molar-refractivity contribution in [2.75, 3.05) is 14.2 Å². The van der Waals surface area contributed by atoms with Gasteiger partial charge in [0.1, 0.15) is 11.6 Å². The van der Waals surface area contributed by atoms with Crippen molar-refractivity contribution in [3.63, 3.8) is 0 Å². The molecule has 0 amide bonds.